The molecule has 3 rings (SSSR count). The number of carbonyl (C=O) groups is 1. The molecule has 1 N–H and O–H groups in total. The van der Waals surface area contributed by atoms with E-state index in [0.717, 1.165) is 31.0 Å². The maximum atomic E-state index is 13.3. The van der Waals surface area contributed by atoms with E-state index in [-0.39, 0.29) is 18.0 Å². The largest absolute Gasteiger partial charge is 0.272 e. The summed E-state index contributed by atoms with van der Waals surface area (Å²) >= 11 is 3.41. The van der Waals surface area contributed by atoms with Crippen LogP contribution in [-0.2, 0) is 21.4 Å². The van der Waals surface area contributed by atoms with Crippen LogP contribution in [0.4, 0.5) is 0 Å². The zero-order valence-electron chi connectivity index (χ0n) is 17.8. The first-order valence-electron chi connectivity index (χ1n) is 9.94. The summed E-state index contributed by atoms with van der Waals surface area (Å²) < 4.78 is 28.6. The molecule has 0 aliphatic rings. The fourth-order valence-electron chi connectivity index (χ4n) is 2.93. The van der Waals surface area contributed by atoms with Crippen molar-refractivity contribution in [1.82, 2.24) is 9.73 Å². The molecule has 0 saturated carbocycles. The van der Waals surface area contributed by atoms with Crippen LogP contribution in [-0.4, -0.2) is 31.4 Å². The summed E-state index contributed by atoms with van der Waals surface area (Å²) in [5, 5.41) is 3.96. The number of halogens is 1. The van der Waals surface area contributed by atoms with Gasteiger partial charge in [-0.3, -0.25) is 4.79 Å². The summed E-state index contributed by atoms with van der Waals surface area (Å²) in [5.74, 6) is -0.531. The van der Waals surface area contributed by atoms with Gasteiger partial charge in [0.2, 0.25) is 10.0 Å². The summed E-state index contributed by atoms with van der Waals surface area (Å²) in [6, 6.07) is 21.5. The number of nitrogens with zero attached hydrogens (tertiary/aromatic N) is 2. The molecule has 8 heteroatoms. The second kappa shape index (κ2) is 10.7. The SMILES string of the molecule is Cc1ccc(CN(CC(=O)N/N=C\c2ccccc2Br)S(=O)(=O)c2ccc(C)cc2)cc1. The van der Waals surface area contributed by atoms with E-state index in [1.165, 1.54) is 6.21 Å². The highest BCUT2D eigenvalue weighted by Gasteiger charge is 2.27. The van der Waals surface area contributed by atoms with E-state index >= 15 is 0 Å². The summed E-state index contributed by atoms with van der Waals surface area (Å²) in [5.41, 5.74) is 6.02. The topological polar surface area (TPSA) is 78.8 Å². The van der Waals surface area contributed by atoms with Crippen LogP contribution < -0.4 is 5.43 Å². The van der Waals surface area contributed by atoms with Gasteiger partial charge in [-0.15, -0.1) is 0 Å². The molecule has 0 heterocycles. The number of carbonyl (C=O) groups excluding carboxylic acids is 1. The molecule has 166 valence electrons. The molecule has 0 bridgehead atoms. The van der Waals surface area contributed by atoms with Crippen LogP contribution in [0.15, 0.2) is 87.3 Å². The zero-order valence-corrected chi connectivity index (χ0v) is 20.2. The molecule has 32 heavy (non-hydrogen) atoms. The molecule has 0 aromatic heterocycles. The molecular formula is C24H24BrN3O3S. The first kappa shape index (κ1) is 23.8. The molecule has 0 spiro atoms. The van der Waals surface area contributed by atoms with Gasteiger partial charge >= 0.3 is 0 Å². The van der Waals surface area contributed by atoms with Gasteiger partial charge in [0.25, 0.3) is 5.91 Å². The van der Waals surface area contributed by atoms with Gasteiger partial charge in [-0.2, -0.15) is 9.41 Å². The average molecular weight is 514 g/mol. The number of hydrogen-bond acceptors (Lipinski definition) is 4. The Morgan fingerprint density at radius 1 is 0.969 bits per heavy atom. The monoisotopic (exact) mass is 513 g/mol. The van der Waals surface area contributed by atoms with Crippen molar-refractivity contribution in [2.45, 2.75) is 25.3 Å². The Hall–Kier alpha value is -2.81. The molecule has 0 aliphatic heterocycles. The Bertz CT molecular complexity index is 1210. The quantitative estimate of drug-likeness (QED) is 0.358. The third-order valence-electron chi connectivity index (χ3n) is 4.76. The van der Waals surface area contributed by atoms with E-state index < -0.39 is 15.9 Å². The van der Waals surface area contributed by atoms with Crippen LogP contribution in [0, 0.1) is 13.8 Å². The van der Waals surface area contributed by atoms with Gasteiger partial charge in [0, 0.05) is 16.6 Å². The lowest BCUT2D eigenvalue weighted by atomic mass is 10.1. The van der Waals surface area contributed by atoms with Crippen LogP contribution in [0.3, 0.4) is 0 Å². The number of aryl methyl sites for hydroxylation is 2. The van der Waals surface area contributed by atoms with Crippen LogP contribution in [0.2, 0.25) is 0 Å². The molecule has 0 fully saturated rings. The molecule has 0 radical (unpaired) electrons. The highest BCUT2D eigenvalue weighted by atomic mass is 79.9. The minimum absolute atomic E-state index is 0.0673. The molecule has 1 amide bonds. The standard InChI is InChI=1S/C24H24BrN3O3S/c1-18-7-11-20(12-8-18)16-28(32(30,31)22-13-9-19(2)10-14-22)17-24(29)27-26-15-21-5-3-4-6-23(21)25/h3-15H,16-17H2,1-2H3,(H,27,29)/b26-15-. The number of nitrogens with one attached hydrogen (secondary N) is 1. The summed E-state index contributed by atoms with van der Waals surface area (Å²) in [6.07, 6.45) is 1.50. The number of amides is 1. The van der Waals surface area contributed by atoms with Crippen LogP contribution in [0.1, 0.15) is 22.3 Å². The van der Waals surface area contributed by atoms with Gasteiger partial charge < -0.3 is 0 Å². The maximum absolute atomic E-state index is 13.3. The van der Waals surface area contributed by atoms with E-state index in [0.29, 0.717) is 0 Å². The number of benzene rings is 3. The number of hydrazone groups is 1. The molecular weight excluding hydrogens is 490 g/mol. The van der Waals surface area contributed by atoms with E-state index in [2.05, 4.69) is 26.5 Å². The molecule has 0 atom stereocenters. The first-order valence-corrected chi connectivity index (χ1v) is 12.2. The predicted octanol–water partition coefficient (Wildman–Crippen LogP) is 4.41. The third-order valence-corrected chi connectivity index (χ3v) is 7.28. The highest BCUT2D eigenvalue weighted by Crippen LogP contribution is 2.19. The van der Waals surface area contributed by atoms with Gasteiger partial charge in [0.1, 0.15) is 0 Å². The van der Waals surface area contributed by atoms with E-state index in [4.69, 9.17) is 0 Å². The van der Waals surface area contributed by atoms with Crippen molar-refractivity contribution in [3.8, 4) is 0 Å². The lowest BCUT2D eigenvalue weighted by Gasteiger charge is -2.21. The number of sulfonamides is 1. The molecule has 3 aromatic rings. The highest BCUT2D eigenvalue weighted by molar-refractivity contribution is 9.10. The summed E-state index contributed by atoms with van der Waals surface area (Å²) in [7, 11) is -3.89. The van der Waals surface area contributed by atoms with Gasteiger partial charge in [-0.25, -0.2) is 13.8 Å². The normalized spacial score (nSPS) is 11.8. The minimum Gasteiger partial charge on any atom is -0.272 e. The summed E-state index contributed by atoms with van der Waals surface area (Å²) in [4.78, 5) is 12.7. The van der Waals surface area contributed by atoms with Gasteiger partial charge in [-0.05, 0) is 37.6 Å². The van der Waals surface area contributed by atoms with Crippen molar-refractivity contribution in [2.75, 3.05) is 6.54 Å². The number of hydrogen-bond donors (Lipinski definition) is 1. The molecule has 3 aromatic carbocycles. The number of rotatable bonds is 8. The van der Waals surface area contributed by atoms with E-state index in [9.17, 15) is 13.2 Å². The molecule has 0 aliphatic carbocycles. The van der Waals surface area contributed by atoms with Crippen molar-refractivity contribution in [2.24, 2.45) is 5.10 Å². The lowest BCUT2D eigenvalue weighted by Crippen LogP contribution is -2.39. The maximum Gasteiger partial charge on any atom is 0.255 e. The molecule has 6 nitrogen and oxygen atoms in total. The average Bonchev–Trinajstić information content (AvgIpc) is 2.76. The van der Waals surface area contributed by atoms with E-state index in [1.807, 2.05) is 62.4 Å². The third kappa shape index (κ3) is 6.35. The minimum atomic E-state index is -3.89. The van der Waals surface area contributed by atoms with Crippen molar-refractivity contribution in [1.29, 1.82) is 0 Å². The van der Waals surface area contributed by atoms with Gasteiger partial charge in [0.15, 0.2) is 0 Å². The summed E-state index contributed by atoms with van der Waals surface area (Å²) in [6.45, 7) is 3.55. The second-order valence-electron chi connectivity index (χ2n) is 7.39. The molecule has 0 saturated heterocycles. The lowest BCUT2D eigenvalue weighted by molar-refractivity contribution is -0.121. The second-order valence-corrected chi connectivity index (χ2v) is 10.2. The van der Waals surface area contributed by atoms with Crippen molar-refractivity contribution in [3.63, 3.8) is 0 Å². The Labute approximate surface area is 197 Å². The van der Waals surface area contributed by atoms with Gasteiger partial charge in [-0.1, -0.05) is 81.7 Å². The Morgan fingerprint density at radius 2 is 1.56 bits per heavy atom. The zero-order chi connectivity index (χ0) is 23.1. The van der Waals surface area contributed by atoms with Crippen LogP contribution >= 0.6 is 15.9 Å². The van der Waals surface area contributed by atoms with Crippen LogP contribution in [0.5, 0.6) is 0 Å². The van der Waals surface area contributed by atoms with Crippen molar-refractivity contribution >= 4 is 38.1 Å². The predicted molar refractivity (Wildman–Crippen MR) is 130 cm³/mol. The Balaban J connectivity index is 1.80. The first-order chi connectivity index (χ1) is 15.3. The fourth-order valence-corrected chi connectivity index (χ4v) is 4.70. The van der Waals surface area contributed by atoms with Crippen molar-refractivity contribution in [3.05, 3.63) is 99.5 Å². The Morgan fingerprint density at radius 3 is 2.19 bits per heavy atom. The van der Waals surface area contributed by atoms with Crippen molar-refractivity contribution < 1.29 is 13.2 Å². The fraction of sp³-hybridized carbons (Fsp3) is 0.167. The smallest absolute Gasteiger partial charge is 0.255 e. The van der Waals surface area contributed by atoms with Gasteiger partial charge in [0.05, 0.1) is 17.7 Å². The van der Waals surface area contributed by atoms with E-state index in [1.54, 1.807) is 24.3 Å². The Kier molecular flexibility index (Phi) is 7.95. The molecule has 0 unspecified atom stereocenters. The van der Waals surface area contributed by atoms with Crippen LogP contribution in [0.25, 0.3) is 0 Å².